The van der Waals surface area contributed by atoms with Gasteiger partial charge in [-0.1, -0.05) is 43.7 Å². The summed E-state index contributed by atoms with van der Waals surface area (Å²) in [6.45, 7) is 2.13. The summed E-state index contributed by atoms with van der Waals surface area (Å²) in [6, 6.07) is 11.8. The lowest BCUT2D eigenvalue weighted by Crippen LogP contribution is -2.03. The van der Waals surface area contributed by atoms with Crippen LogP contribution in [0.4, 0.5) is 8.78 Å². The van der Waals surface area contributed by atoms with Gasteiger partial charge in [0.15, 0.2) is 5.82 Å². The van der Waals surface area contributed by atoms with Crippen LogP contribution in [0.15, 0.2) is 59.9 Å². The second-order valence-corrected chi connectivity index (χ2v) is 7.01. The number of hydrogen-bond donors (Lipinski definition) is 0. The molecule has 3 aromatic rings. The van der Waals surface area contributed by atoms with Crippen LogP contribution in [0.3, 0.4) is 0 Å². The molecular weight excluding hydrogens is 356 g/mol. The summed E-state index contributed by atoms with van der Waals surface area (Å²) in [4.78, 5) is 13.5. The summed E-state index contributed by atoms with van der Waals surface area (Å²) in [5, 5.41) is 0. The maximum atomic E-state index is 14.0. The molecule has 0 saturated heterocycles. The molecule has 0 saturated carbocycles. The summed E-state index contributed by atoms with van der Waals surface area (Å²) in [7, 11) is 0. The third-order valence-corrected chi connectivity index (χ3v) is 5.02. The minimum atomic E-state index is -0.557. The van der Waals surface area contributed by atoms with E-state index in [9.17, 15) is 8.78 Å². The predicted molar refractivity (Wildman–Crippen MR) is 106 cm³/mol. The van der Waals surface area contributed by atoms with Crippen molar-refractivity contribution in [3.63, 3.8) is 0 Å². The molecule has 142 valence electrons. The highest BCUT2D eigenvalue weighted by molar-refractivity contribution is 6.02. The Morgan fingerprint density at radius 1 is 0.964 bits per heavy atom. The average Bonchev–Trinajstić information content (AvgIpc) is 3.19. The lowest BCUT2D eigenvalue weighted by atomic mass is 10.0. The molecule has 0 radical (unpaired) electrons. The van der Waals surface area contributed by atoms with Crippen LogP contribution in [0.5, 0.6) is 0 Å². The molecule has 1 atom stereocenters. The minimum absolute atomic E-state index is 0.00203. The van der Waals surface area contributed by atoms with E-state index in [4.69, 9.17) is 0 Å². The van der Waals surface area contributed by atoms with Gasteiger partial charge in [0.25, 0.3) is 0 Å². The van der Waals surface area contributed by atoms with E-state index in [-0.39, 0.29) is 11.6 Å². The number of nitrogens with zero attached hydrogens (tertiary/aromatic N) is 3. The Hall–Kier alpha value is -2.95. The number of benzene rings is 2. The molecule has 1 aromatic heterocycles. The smallest absolute Gasteiger partial charge is 0.159 e. The fourth-order valence-electron chi connectivity index (χ4n) is 3.57. The first-order valence-corrected chi connectivity index (χ1v) is 9.58. The second-order valence-electron chi connectivity index (χ2n) is 7.01. The summed E-state index contributed by atoms with van der Waals surface area (Å²) in [6.07, 6.45) is 7.09. The van der Waals surface area contributed by atoms with Crippen molar-refractivity contribution < 1.29 is 8.78 Å². The van der Waals surface area contributed by atoms with Gasteiger partial charge in [-0.05, 0) is 42.5 Å². The number of aliphatic imine (C=N–C) groups is 1. The van der Waals surface area contributed by atoms with E-state index >= 15 is 0 Å². The van der Waals surface area contributed by atoms with E-state index in [1.807, 2.05) is 36.7 Å². The van der Waals surface area contributed by atoms with Crippen LogP contribution in [-0.2, 0) is 6.42 Å². The predicted octanol–water partition coefficient (Wildman–Crippen LogP) is 5.70. The second kappa shape index (κ2) is 7.97. The summed E-state index contributed by atoms with van der Waals surface area (Å²) in [5.74, 6) is -0.424. The van der Waals surface area contributed by atoms with Gasteiger partial charge in [-0.25, -0.2) is 18.7 Å². The van der Waals surface area contributed by atoms with E-state index in [0.717, 1.165) is 36.0 Å². The first-order valence-electron chi connectivity index (χ1n) is 9.58. The zero-order chi connectivity index (χ0) is 19.5. The molecule has 4 rings (SSSR count). The molecule has 0 N–H and O–H groups in total. The van der Waals surface area contributed by atoms with Gasteiger partial charge in [0.1, 0.15) is 11.6 Å². The van der Waals surface area contributed by atoms with E-state index < -0.39 is 11.6 Å². The van der Waals surface area contributed by atoms with Gasteiger partial charge in [0, 0.05) is 23.7 Å². The molecule has 1 aliphatic heterocycles. The molecule has 0 amide bonds. The van der Waals surface area contributed by atoms with Gasteiger partial charge in [0.05, 0.1) is 11.6 Å². The molecule has 0 fully saturated rings. The minimum Gasteiger partial charge on any atom is -0.281 e. The first kappa shape index (κ1) is 18.4. The normalized spacial score (nSPS) is 16.2. The van der Waals surface area contributed by atoms with Crippen molar-refractivity contribution in [3.8, 4) is 11.4 Å². The van der Waals surface area contributed by atoms with Crippen molar-refractivity contribution in [2.75, 3.05) is 0 Å². The van der Waals surface area contributed by atoms with Gasteiger partial charge in [-0.3, -0.25) is 4.99 Å². The summed E-state index contributed by atoms with van der Waals surface area (Å²) < 4.78 is 28.0. The van der Waals surface area contributed by atoms with Crippen molar-refractivity contribution in [2.45, 2.75) is 38.6 Å². The lowest BCUT2D eigenvalue weighted by Gasteiger charge is -2.08. The van der Waals surface area contributed by atoms with E-state index in [1.54, 1.807) is 0 Å². The molecule has 0 spiro atoms. The highest BCUT2D eigenvalue weighted by Crippen LogP contribution is 2.33. The van der Waals surface area contributed by atoms with Gasteiger partial charge >= 0.3 is 0 Å². The maximum Gasteiger partial charge on any atom is 0.159 e. The Kier molecular flexibility index (Phi) is 5.24. The third kappa shape index (κ3) is 3.70. The van der Waals surface area contributed by atoms with Crippen LogP contribution in [0.2, 0.25) is 0 Å². The van der Waals surface area contributed by atoms with Crippen LogP contribution in [-0.4, -0.2) is 15.7 Å². The van der Waals surface area contributed by atoms with Gasteiger partial charge < -0.3 is 0 Å². The molecule has 0 aliphatic carbocycles. The van der Waals surface area contributed by atoms with Gasteiger partial charge in [-0.2, -0.15) is 0 Å². The largest absolute Gasteiger partial charge is 0.281 e. The molecule has 28 heavy (non-hydrogen) atoms. The maximum absolute atomic E-state index is 14.0. The molecule has 1 unspecified atom stereocenters. The van der Waals surface area contributed by atoms with Crippen LogP contribution in [0.1, 0.15) is 48.9 Å². The monoisotopic (exact) mass is 377 g/mol. The molecule has 1 aliphatic rings. The Morgan fingerprint density at radius 3 is 2.29 bits per heavy atom. The van der Waals surface area contributed by atoms with E-state index in [0.29, 0.717) is 18.0 Å². The van der Waals surface area contributed by atoms with Gasteiger partial charge in [-0.15, -0.1) is 0 Å². The lowest BCUT2D eigenvalue weighted by molar-refractivity contribution is 0.578. The SMILES string of the molecule is CCCc1cnc(-c2ccc(C3CCC(c4c(F)cccc4F)=N3)cc2)nc1. The molecule has 5 heteroatoms. The highest BCUT2D eigenvalue weighted by atomic mass is 19.1. The van der Waals surface area contributed by atoms with Crippen LogP contribution in [0, 0.1) is 11.6 Å². The fraction of sp³-hybridized carbons (Fsp3) is 0.261. The molecule has 2 aromatic carbocycles. The van der Waals surface area contributed by atoms with Crippen molar-refractivity contribution in [1.29, 1.82) is 0 Å². The Labute approximate surface area is 163 Å². The number of rotatable bonds is 5. The molecule has 2 heterocycles. The third-order valence-electron chi connectivity index (χ3n) is 5.02. The first-order chi connectivity index (χ1) is 13.7. The summed E-state index contributed by atoms with van der Waals surface area (Å²) in [5.41, 5.74) is 3.60. The van der Waals surface area contributed by atoms with E-state index in [1.165, 1.54) is 18.2 Å². The Bertz CT molecular complexity index is 975. The number of aromatic nitrogens is 2. The van der Waals surface area contributed by atoms with Crippen molar-refractivity contribution in [2.24, 2.45) is 4.99 Å². The quantitative estimate of drug-likeness (QED) is 0.572. The molecular formula is C23H21F2N3. The Balaban J connectivity index is 1.54. The van der Waals surface area contributed by atoms with Crippen molar-refractivity contribution in [1.82, 2.24) is 9.97 Å². The number of hydrogen-bond acceptors (Lipinski definition) is 3. The van der Waals surface area contributed by atoms with E-state index in [2.05, 4.69) is 21.9 Å². The number of halogens is 2. The van der Waals surface area contributed by atoms with Gasteiger partial charge in [0.2, 0.25) is 0 Å². The summed E-state index contributed by atoms with van der Waals surface area (Å²) >= 11 is 0. The zero-order valence-corrected chi connectivity index (χ0v) is 15.7. The van der Waals surface area contributed by atoms with Crippen molar-refractivity contribution >= 4 is 5.71 Å². The number of aryl methyl sites for hydroxylation is 1. The average molecular weight is 377 g/mol. The van der Waals surface area contributed by atoms with Crippen LogP contribution in [0.25, 0.3) is 11.4 Å². The standard InChI is InChI=1S/C23H21F2N3/c1-2-4-15-13-26-23(27-14-15)17-9-7-16(8-10-17)20-11-12-21(28-20)22-18(24)5-3-6-19(22)25/h3,5-10,13-14,20H,2,4,11-12H2,1H3. The van der Waals surface area contributed by atoms with Crippen LogP contribution < -0.4 is 0 Å². The topological polar surface area (TPSA) is 38.1 Å². The molecule has 0 bridgehead atoms. The fourth-order valence-corrected chi connectivity index (χ4v) is 3.57. The highest BCUT2D eigenvalue weighted by Gasteiger charge is 2.24. The Morgan fingerprint density at radius 2 is 1.64 bits per heavy atom. The zero-order valence-electron chi connectivity index (χ0n) is 15.7. The molecule has 3 nitrogen and oxygen atoms in total. The van der Waals surface area contributed by atoms with Crippen LogP contribution >= 0.6 is 0 Å². The van der Waals surface area contributed by atoms with Crippen molar-refractivity contribution in [3.05, 3.63) is 83.2 Å².